The summed E-state index contributed by atoms with van der Waals surface area (Å²) in [5.41, 5.74) is 0.958. The van der Waals surface area contributed by atoms with Crippen molar-refractivity contribution in [3.8, 4) is 0 Å². The lowest BCUT2D eigenvalue weighted by molar-refractivity contribution is 0.0520. The zero-order chi connectivity index (χ0) is 19.6. The molecule has 0 atom stereocenters. The molecule has 2 amide bonds. The highest BCUT2D eigenvalue weighted by molar-refractivity contribution is 7.09. The summed E-state index contributed by atoms with van der Waals surface area (Å²) in [5.74, 6) is -0.442. The van der Waals surface area contributed by atoms with Gasteiger partial charge in [-0.25, -0.2) is 14.6 Å². The average molecular weight is 410 g/mol. The van der Waals surface area contributed by atoms with Gasteiger partial charge in [0.2, 0.25) is 0 Å². The average Bonchev–Trinajstić information content (AvgIpc) is 3.12. The number of hydrogen-bond donors (Lipinski definition) is 1. The van der Waals surface area contributed by atoms with E-state index < -0.39 is 5.97 Å². The molecule has 6 nitrogen and oxygen atoms in total. The lowest BCUT2D eigenvalue weighted by Gasteiger charge is -2.22. The van der Waals surface area contributed by atoms with E-state index in [1.54, 1.807) is 41.5 Å². The standard InChI is InChI=1S/C19H24ClN3O3S/c1-3-5-6-11-23(19(25)21-15-9-7-14(20)8-10-15)12-17-22-16(13-27-17)18(24)26-4-2/h7-10,13H,3-6,11-12H2,1-2H3,(H,21,25). The van der Waals surface area contributed by atoms with Crippen LogP contribution in [0.15, 0.2) is 29.6 Å². The zero-order valence-electron chi connectivity index (χ0n) is 15.5. The Bertz CT molecular complexity index is 749. The molecule has 146 valence electrons. The highest BCUT2D eigenvalue weighted by Crippen LogP contribution is 2.17. The SMILES string of the molecule is CCCCCN(Cc1nc(C(=O)OCC)cs1)C(=O)Nc1ccc(Cl)cc1. The summed E-state index contributed by atoms with van der Waals surface area (Å²) < 4.78 is 4.96. The van der Waals surface area contributed by atoms with Gasteiger partial charge in [-0.15, -0.1) is 11.3 Å². The molecule has 1 N–H and O–H groups in total. The number of ether oxygens (including phenoxy) is 1. The van der Waals surface area contributed by atoms with Crippen LogP contribution in [0.3, 0.4) is 0 Å². The Morgan fingerprint density at radius 1 is 1.22 bits per heavy atom. The van der Waals surface area contributed by atoms with Crippen LogP contribution in [0, 0.1) is 0 Å². The van der Waals surface area contributed by atoms with Crippen molar-refractivity contribution in [3.05, 3.63) is 45.4 Å². The van der Waals surface area contributed by atoms with E-state index in [1.165, 1.54) is 11.3 Å². The number of carbonyl (C=O) groups is 2. The maximum absolute atomic E-state index is 12.7. The van der Waals surface area contributed by atoms with E-state index >= 15 is 0 Å². The number of nitrogens with zero attached hydrogens (tertiary/aromatic N) is 2. The molecule has 0 spiro atoms. The van der Waals surface area contributed by atoms with Crippen molar-refractivity contribution >= 4 is 40.6 Å². The molecule has 27 heavy (non-hydrogen) atoms. The first-order valence-corrected chi connectivity index (χ1v) is 10.2. The Balaban J connectivity index is 2.05. The molecule has 0 radical (unpaired) electrons. The minimum atomic E-state index is -0.442. The second-order valence-electron chi connectivity index (χ2n) is 5.91. The summed E-state index contributed by atoms with van der Waals surface area (Å²) in [5, 5.41) is 5.85. The fourth-order valence-electron chi connectivity index (χ4n) is 2.39. The van der Waals surface area contributed by atoms with Gasteiger partial charge in [-0.2, -0.15) is 0 Å². The number of thiazole rings is 1. The van der Waals surface area contributed by atoms with Crippen LogP contribution >= 0.6 is 22.9 Å². The second kappa shape index (κ2) is 10.9. The summed E-state index contributed by atoms with van der Waals surface area (Å²) in [6.07, 6.45) is 3.01. The quantitative estimate of drug-likeness (QED) is 0.456. The Morgan fingerprint density at radius 3 is 2.63 bits per heavy atom. The van der Waals surface area contributed by atoms with E-state index in [1.807, 2.05) is 0 Å². The summed E-state index contributed by atoms with van der Waals surface area (Å²) in [6, 6.07) is 6.76. The number of halogens is 1. The third-order valence-electron chi connectivity index (χ3n) is 3.78. The number of urea groups is 1. The molecule has 0 saturated carbocycles. The minimum absolute atomic E-state index is 0.207. The van der Waals surface area contributed by atoms with Crippen LogP contribution in [-0.2, 0) is 11.3 Å². The molecule has 0 aliphatic heterocycles. The molecular formula is C19H24ClN3O3S. The Morgan fingerprint density at radius 2 is 1.96 bits per heavy atom. The Labute approximate surface area is 168 Å². The second-order valence-corrected chi connectivity index (χ2v) is 7.29. The number of unbranched alkanes of at least 4 members (excludes halogenated alkanes) is 2. The van der Waals surface area contributed by atoms with E-state index in [0.717, 1.165) is 19.3 Å². The molecule has 0 aliphatic rings. The molecule has 2 rings (SSSR count). The Hall–Kier alpha value is -2.12. The highest BCUT2D eigenvalue weighted by Gasteiger charge is 2.18. The number of anilines is 1. The van der Waals surface area contributed by atoms with Crippen molar-refractivity contribution in [1.82, 2.24) is 9.88 Å². The lowest BCUT2D eigenvalue weighted by Crippen LogP contribution is -2.35. The predicted octanol–water partition coefficient (Wildman–Crippen LogP) is 5.20. The van der Waals surface area contributed by atoms with Crippen LogP contribution in [-0.4, -0.2) is 35.0 Å². The van der Waals surface area contributed by atoms with Gasteiger partial charge in [0.1, 0.15) is 5.01 Å². The first-order valence-electron chi connectivity index (χ1n) is 8.96. The zero-order valence-corrected chi connectivity index (χ0v) is 17.1. The molecule has 1 heterocycles. The van der Waals surface area contributed by atoms with Crippen LogP contribution in [0.2, 0.25) is 5.02 Å². The van der Waals surface area contributed by atoms with Gasteiger partial charge in [-0.1, -0.05) is 31.4 Å². The number of hydrogen-bond acceptors (Lipinski definition) is 5. The van der Waals surface area contributed by atoms with Gasteiger partial charge in [-0.3, -0.25) is 0 Å². The van der Waals surface area contributed by atoms with Crippen molar-refractivity contribution in [1.29, 1.82) is 0 Å². The minimum Gasteiger partial charge on any atom is -0.461 e. The number of carbonyl (C=O) groups excluding carboxylic acids is 2. The molecule has 0 saturated heterocycles. The summed E-state index contributed by atoms with van der Waals surface area (Å²) in [4.78, 5) is 30.5. The number of amides is 2. The van der Waals surface area contributed by atoms with Crippen molar-refractivity contribution in [2.75, 3.05) is 18.5 Å². The van der Waals surface area contributed by atoms with Crippen LogP contribution in [0.5, 0.6) is 0 Å². The summed E-state index contributed by atoms with van der Waals surface area (Å²) in [6.45, 7) is 5.12. The maximum Gasteiger partial charge on any atom is 0.357 e. The van der Waals surface area contributed by atoms with Crippen molar-refractivity contribution in [3.63, 3.8) is 0 Å². The predicted molar refractivity (Wildman–Crippen MR) is 108 cm³/mol. The molecule has 8 heteroatoms. The Kier molecular flexibility index (Phi) is 8.54. The molecule has 0 bridgehead atoms. The van der Waals surface area contributed by atoms with Gasteiger partial charge in [-0.05, 0) is 37.6 Å². The first-order chi connectivity index (χ1) is 13.0. The van der Waals surface area contributed by atoms with Gasteiger partial charge in [0.15, 0.2) is 5.69 Å². The number of nitrogens with one attached hydrogen (secondary N) is 1. The third kappa shape index (κ3) is 6.84. The normalized spacial score (nSPS) is 10.5. The molecule has 0 aliphatic carbocycles. The highest BCUT2D eigenvalue weighted by atomic mass is 35.5. The number of rotatable bonds is 9. The van der Waals surface area contributed by atoms with Crippen molar-refractivity contribution < 1.29 is 14.3 Å². The van der Waals surface area contributed by atoms with Crippen LogP contribution in [0.4, 0.5) is 10.5 Å². The van der Waals surface area contributed by atoms with Gasteiger partial charge in [0.05, 0.1) is 13.2 Å². The van der Waals surface area contributed by atoms with Gasteiger partial charge in [0, 0.05) is 22.6 Å². The summed E-state index contributed by atoms with van der Waals surface area (Å²) >= 11 is 7.23. The molecule has 1 aromatic heterocycles. The topological polar surface area (TPSA) is 71.5 Å². The summed E-state index contributed by atoms with van der Waals surface area (Å²) in [7, 11) is 0. The molecule has 1 aromatic carbocycles. The van der Waals surface area contributed by atoms with E-state index in [-0.39, 0.29) is 11.7 Å². The fourth-order valence-corrected chi connectivity index (χ4v) is 3.29. The third-order valence-corrected chi connectivity index (χ3v) is 4.86. The first kappa shape index (κ1) is 21.2. The largest absolute Gasteiger partial charge is 0.461 e. The van der Waals surface area contributed by atoms with E-state index in [2.05, 4.69) is 17.2 Å². The fraction of sp³-hybridized carbons (Fsp3) is 0.421. The smallest absolute Gasteiger partial charge is 0.357 e. The van der Waals surface area contributed by atoms with Gasteiger partial charge >= 0.3 is 12.0 Å². The van der Waals surface area contributed by atoms with Gasteiger partial charge < -0.3 is 15.0 Å². The van der Waals surface area contributed by atoms with Gasteiger partial charge in [0.25, 0.3) is 0 Å². The van der Waals surface area contributed by atoms with Crippen LogP contribution in [0.1, 0.15) is 48.6 Å². The number of esters is 1. The molecular weight excluding hydrogens is 386 g/mol. The van der Waals surface area contributed by atoms with Crippen LogP contribution < -0.4 is 5.32 Å². The lowest BCUT2D eigenvalue weighted by atomic mass is 10.2. The van der Waals surface area contributed by atoms with E-state index in [9.17, 15) is 9.59 Å². The van der Waals surface area contributed by atoms with E-state index in [0.29, 0.717) is 35.4 Å². The molecule has 2 aromatic rings. The number of benzene rings is 1. The molecule has 0 unspecified atom stereocenters. The van der Waals surface area contributed by atoms with Crippen molar-refractivity contribution in [2.24, 2.45) is 0 Å². The van der Waals surface area contributed by atoms with Crippen molar-refractivity contribution in [2.45, 2.75) is 39.7 Å². The van der Waals surface area contributed by atoms with Crippen LogP contribution in [0.25, 0.3) is 0 Å². The van der Waals surface area contributed by atoms with E-state index in [4.69, 9.17) is 16.3 Å². The number of aromatic nitrogens is 1. The maximum atomic E-state index is 12.7. The molecule has 0 fully saturated rings. The monoisotopic (exact) mass is 409 g/mol.